The van der Waals surface area contributed by atoms with Gasteiger partial charge in [-0.05, 0) is 48.6 Å². The lowest BCUT2D eigenvalue weighted by Gasteiger charge is -2.16. The first-order chi connectivity index (χ1) is 14.1. The summed E-state index contributed by atoms with van der Waals surface area (Å²) in [5.74, 6) is 0.636. The topological polar surface area (TPSA) is 96.0 Å². The molecule has 2 aliphatic heterocycles. The van der Waals surface area contributed by atoms with Crippen LogP contribution in [-0.4, -0.2) is 54.6 Å². The molecule has 2 fully saturated rings. The van der Waals surface area contributed by atoms with E-state index in [1.807, 2.05) is 12.1 Å². The van der Waals surface area contributed by atoms with Gasteiger partial charge in [0.2, 0.25) is 0 Å². The number of cyclic esters (lactones) is 2. The van der Waals surface area contributed by atoms with Gasteiger partial charge in [-0.2, -0.15) is 0 Å². The summed E-state index contributed by atoms with van der Waals surface area (Å²) >= 11 is 5.24. The SMILES string of the molecule is O=C1OCCN1c1ccc(N2C[C@H](CNC(=S)Nc3ccccn3)OC2=O)cc1. The van der Waals surface area contributed by atoms with E-state index in [9.17, 15) is 9.59 Å². The molecule has 0 spiro atoms. The minimum Gasteiger partial charge on any atom is -0.447 e. The number of benzene rings is 1. The minimum absolute atomic E-state index is 0.348. The summed E-state index contributed by atoms with van der Waals surface area (Å²) in [5.41, 5.74) is 1.43. The normalized spacial score (nSPS) is 18.4. The standard InChI is InChI=1S/C19H19N5O4S/c25-18-23(9-10-27-18)13-4-6-14(7-5-13)24-12-15(28-19(24)26)11-21-17(29)22-16-3-1-2-8-20-16/h1-8,15H,9-12H2,(H2,20,21,22,29)/t15-/m0/s1. The van der Waals surface area contributed by atoms with Crippen molar-refractivity contribution in [2.24, 2.45) is 0 Å². The molecule has 1 atom stereocenters. The Morgan fingerprint density at radius 2 is 1.86 bits per heavy atom. The summed E-state index contributed by atoms with van der Waals surface area (Å²) in [4.78, 5) is 31.1. The van der Waals surface area contributed by atoms with Crippen LogP contribution >= 0.6 is 12.2 Å². The first-order valence-electron chi connectivity index (χ1n) is 9.08. The molecule has 1 aromatic carbocycles. The third-order valence-corrected chi connectivity index (χ3v) is 4.75. The average Bonchev–Trinajstić information content (AvgIpc) is 3.33. The molecule has 0 saturated carbocycles. The lowest BCUT2D eigenvalue weighted by atomic mass is 10.2. The number of carbonyl (C=O) groups excluding carboxylic acids is 2. The molecule has 0 unspecified atom stereocenters. The van der Waals surface area contributed by atoms with Gasteiger partial charge in [0.15, 0.2) is 5.11 Å². The number of amides is 2. The molecule has 3 heterocycles. The van der Waals surface area contributed by atoms with Gasteiger partial charge in [-0.3, -0.25) is 9.80 Å². The molecule has 2 N–H and O–H groups in total. The number of ether oxygens (including phenoxy) is 2. The maximum absolute atomic E-state index is 12.2. The highest BCUT2D eigenvalue weighted by atomic mass is 32.1. The number of anilines is 3. The zero-order valence-corrected chi connectivity index (χ0v) is 16.2. The lowest BCUT2D eigenvalue weighted by molar-refractivity contribution is 0.143. The van der Waals surface area contributed by atoms with Crippen molar-refractivity contribution in [3.63, 3.8) is 0 Å². The molecular formula is C19H19N5O4S. The first-order valence-corrected chi connectivity index (χ1v) is 9.49. The van der Waals surface area contributed by atoms with Gasteiger partial charge >= 0.3 is 12.2 Å². The summed E-state index contributed by atoms with van der Waals surface area (Å²) in [6.45, 7) is 1.66. The van der Waals surface area contributed by atoms with E-state index in [-0.39, 0.29) is 12.2 Å². The third kappa shape index (κ3) is 4.37. The minimum atomic E-state index is -0.422. The van der Waals surface area contributed by atoms with Crippen molar-refractivity contribution in [1.29, 1.82) is 0 Å². The number of nitrogens with zero attached hydrogens (tertiary/aromatic N) is 3. The lowest BCUT2D eigenvalue weighted by Crippen LogP contribution is -2.37. The second kappa shape index (κ2) is 8.31. The smallest absolute Gasteiger partial charge is 0.414 e. The van der Waals surface area contributed by atoms with E-state index in [1.165, 1.54) is 0 Å². The van der Waals surface area contributed by atoms with Crippen LogP contribution in [-0.2, 0) is 9.47 Å². The van der Waals surface area contributed by atoms with Crippen molar-refractivity contribution >= 4 is 46.7 Å². The summed E-state index contributed by atoms with van der Waals surface area (Å²) in [6.07, 6.45) is 0.534. The molecule has 10 heteroatoms. The van der Waals surface area contributed by atoms with E-state index < -0.39 is 6.09 Å². The van der Waals surface area contributed by atoms with Crippen molar-refractivity contribution in [2.45, 2.75) is 6.10 Å². The second-order valence-electron chi connectivity index (χ2n) is 6.45. The maximum atomic E-state index is 12.2. The Morgan fingerprint density at radius 1 is 1.10 bits per heavy atom. The molecular weight excluding hydrogens is 394 g/mol. The van der Waals surface area contributed by atoms with Crippen LogP contribution in [0.2, 0.25) is 0 Å². The van der Waals surface area contributed by atoms with Crippen LogP contribution in [0.25, 0.3) is 0 Å². The van der Waals surface area contributed by atoms with Crippen LogP contribution in [0.15, 0.2) is 48.7 Å². The van der Waals surface area contributed by atoms with Gasteiger partial charge in [-0.1, -0.05) is 6.07 Å². The molecule has 4 rings (SSSR count). The molecule has 2 aliphatic rings. The highest BCUT2D eigenvalue weighted by Gasteiger charge is 2.32. The largest absolute Gasteiger partial charge is 0.447 e. The van der Waals surface area contributed by atoms with E-state index in [2.05, 4.69) is 15.6 Å². The average molecular weight is 413 g/mol. The first kappa shape index (κ1) is 18.9. The predicted molar refractivity (Wildman–Crippen MR) is 111 cm³/mol. The molecule has 0 radical (unpaired) electrons. The second-order valence-corrected chi connectivity index (χ2v) is 6.86. The molecule has 2 amide bonds. The van der Waals surface area contributed by atoms with Crippen molar-refractivity contribution in [3.05, 3.63) is 48.7 Å². The Balaban J connectivity index is 1.31. The summed E-state index contributed by atoms with van der Waals surface area (Å²) in [6, 6.07) is 12.6. The molecule has 2 aromatic rings. The third-order valence-electron chi connectivity index (χ3n) is 4.50. The molecule has 29 heavy (non-hydrogen) atoms. The van der Waals surface area contributed by atoms with Crippen LogP contribution in [0, 0.1) is 0 Å². The Morgan fingerprint density at radius 3 is 2.52 bits per heavy atom. The number of hydrogen-bond acceptors (Lipinski definition) is 6. The van der Waals surface area contributed by atoms with Crippen LogP contribution < -0.4 is 20.4 Å². The number of rotatable bonds is 5. The van der Waals surface area contributed by atoms with E-state index in [0.29, 0.717) is 42.9 Å². The van der Waals surface area contributed by atoms with Crippen LogP contribution in [0.4, 0.5) is 26.8 Å². The Bertz CT molecular complexity index is 909. The zero-order chi connectivity index (χ0) is 20.2. The number of carbonyl (C=O) groups is 2. The monoisotopic (exact) mass is 413 g/mol. The van der Waals surface area contributed by atoms with Gasteiger partial charge in [0, 0.05) is 17.6 Å². The van der Waals surface area contributed by atoms with Crippen molar-refractivity contribution in [2.75, 3.05) is 41.4 Å². The van der Waals surface area contributed by atoms with Crippen molar-refractivity contribution < 1.29 is 19.1 Å². The number of nitrogens with one attached hydrogen (secondary N) is 2. The fourth-order valence-electron chi connectivity index (χ4n) is 3.08. The van der Waals surface area contributed by atoms with Gasteiger partial charge in [0.05, 0.1) is 19.6 Å². The van der Waals surface area contributed by atoms with Gasteiger partial charge in [-0.15, -0.1) is 0 Å². The summed E-state index contributed by atoms with van der Waals surface area (Å²) < 4.78 is 10.4. The molecule has 0 aliphatic carbocycles. The number of hydrogen-bond donors (Lipinski definition) is 2. The van der Waals surface area contributed by atoms with E-state index in [4.69, 9.17) is 21.7 Å². The molecule has 0 bridgehead atoms. The van der Waals surface area contributed by atoms with E-state index >= 15 is 0 Å². The predicted octanol–water partition coefficient (Wildman–Crippen LogP) is 2.35. The van der Waals surface area contributed by atoms with Crippen molar-refractivity contribution in [1.82, 2.24) is 10.3 Å². The van der Waals surface area contributed by atoms with Crippen LogP contribution in [0.3, 0.4) is 0 Å². The van der Waals surface area contributed by atoms with E-state index in [0.717, 1.165) is 5.69 Å². The molecule has 2 saturated heterocycles. The fraction of sp³-hybridized carbons (Fsp3) is 0.263. The zero-order valence-electron chi connectivity index (χ0n) is 15.4. The molecule has 9 nitrogen and oxygen atoms in total. The van der Waals surface area contributed by atoms with Gasteiger partial charge in [0.1, 0.15) is 18.5 Å². The number of thiocarbonyl (C=S) groups is 1. The Labute approximate surface area is 172 Å². The fourth-order valence-corrected chi connectivity index (χ4v) is 3.27. The van der Waals surface area contributed by atoms with Crippen LogP contribution in [0.1, 0.15) is 0 Å². The highest BCUT2D eigenvalue weighted by molar-refractivity contribution is 7.80. The molecule has 1 aromatic heterocycles. The molecule has 150 valence electrons. The van der Waals surface area contributed by atoms with E-state index in [1.54, 1.807) is 46.3 Å². The summed E-state index contributed by atoms with van der Waals surface area (Å²) in [5, 5.41) is 6.41. The summed E-state index contributed by atoms with van der Waals surface area (Å²) in [7, 11) is 0. The maximum Gasteiger partial charge on any atom is 0.414 e. The van der Waals surface area contributed by atoms with Gasteiger partial charge in [0.25, 0.3) is 0 Å². The Kier molecular flexibility index (Phi) is 5.43. The van der Waals surface area contributed by atoms with Gasteiger partial charge in [-0.25, -0.2) is 14.6 Å². The van der Waals surface area contributed by atoms with Crippen molar-refractivity contribution in [3.8, 4) is 0 Å². The number of pyridine rings is 1. The highest BCUT2D eigenvalue weighted by Crippen LogP contribution is 2.26. The Hall–Kier alpha value is -3.40. The quantitative estimate of drug-likeness (QED) is 0.722. The van der Waals surface area contributed by atoms with Crippen LogP contribution in [0.5, 0.6) is 0 Å². The number of aromatic nitrogens is 1. The van der Waals surface area contributed by atoms with Gasteiger partial charge < -0.3 is 20.1 Å².